The van der Waals surface area contributed by atoms with Crippen LogP contribution in [-0.4, -0.2) is 89.6 Å². The van der Waals surface area contributed by atoms with Crippen LogP contribution in [0.15, 0.2) is 0 Å². The lowest BCUT2D eigenvalue weighted by molar-refractivity contribution is -0.305. The molecule has 0 aromatic carbocycles. The molecule has 1 saturated heterocycles. The number of carbonyl (C=O) groups excluding carboxylic acids is 1. The highest BCUT2D eigenvalue weighted by Gasteiger charge is 2.44. The molecule has 0 amide bonds. The standard InChI is InChI=1S/C33H64O9/c1-3-5-7-9-11-13-14-15-17-19-21-23-39-25-27(41-29(35)22-20-18-16-12-10-8-6-4-2)26-40-33-32(38)31(37)30(36)28(24-34)42-33/h27-28,30-34,36-38H,3-26H2,1-2H3. The van der Waals surface area contributed by atoms with Gasteiger partial charge >= 0.3 is 5.97 Å². The van der Waals surface area contributed by atoms with E-state index in [0.717, 1.165) is 32.1 Å². The van der Waals surface area contributed by atoms with Crippen molar-refractivity contribution in [2.24, 2.45) is 0 Å². The highest BCUT2D eigenvalue weighted by Crippen LogP contribution is 2.22. The average Bonchev–Trinajstić information content (AvgIpc) is 2.99. The molecule has 6 unspecified atom stereocenters. The van der Waals surface area contributed by atoms with Gasteiger partial charge in [0, 0.05) is 13.0 Å². The lowest BCUT2D eigenvalue weighted by Crippen LogP contribution is -2.59. The van der Waals surface area contributed by atoms with Crippen LogP contribution in [-0.2, 0) is 23.7 Å². The minimum absolute atomic E-state index is 0.107. The van der Waals surface area contributed by atoms with Crippen LogP contribution in [0.4, 0.5) is 0 Å². The lowest BCUT2D eigenvalue weighted by atomic mass is 9.99. The zero-order chi connectivity index (χ0) is 30.8. The summed E-state index contributed by atoms with van der Waals surface area (Å²) in [5, 5.41) is 39.7. The first-order valence-corrected chi connectivity index (χ1v) is 17.1. The second-order valence-electron chi connectivity index (χ2n) is 12.0. The van der Waals surface area contributed by atoms with Gasteiger partial charge in [-0.3, -0.25) is 4.79 Å². The van der Waals surface area contributed by atoms with Crippen LogP contribution in [0.1, 0.15) is 142 Å². The molecule has 0 aromatic heterocycles. The number of esters is 1. The summed E-state index contributed by atoms with van der Waals surface area (Å²) >= 11 is 0. The first-order chi connectivity index (χ1) is 20.4. The van der Waals surface area contributed by atoms with Crippen molar-refractivity contribution < 1.29 is 44.2 Å². The predicted molar refractivity (Wildman–Crippen MR) is 164 cm³/mol. The summed E-state index contributed by atoms with van der Waals surface area (Å²) in [5.74, 6) is -0.318. The van der Waals surface area contributed by atoms with Crippen molar-refractivity contribution in [1.82, 2.24) is 0 Å². The van der Waals surface area contributed by atoms with E-state index < -0.39 is 43.4 Å². The highest BCUT2D eigenvalue weighted by atomic mass is 16.7. The molecule has 0 aromatic rings. The smallest absolute Gasteiger partial charge is 0.306 e. The summed E-state index contributed by atoms with van der Waals surface area (Å²) in [6.45, 7) is 4.51. The third-order valence-electron chi connectivity index (χ3n) is 8.02. The average molecular weight is 605 g/mol. The summed E-state index contributed by atoms with van der Waals surface area (Å²) in [7, 11) is 0. The number of hydrogen-bond acceptors (Lipinski definition) is 9. The molecule has 42 heavy (non-hydrogen) atoms. The number of rotatable bonds is 28. The largest absolute Gasteiger partial charge is 0.457 e. The van der Waals surface area contributed by atoms with Gasteiger partial charge in [-0.2, -0.15) is 0 Å². The SMILES string of the molecule is CCCCCCCCCCCCCOCC(COC1OC(CO)C(O)C(O)C1O)OC(=O)CCCCCCCCCC. The van der Waals surface area contributed by atoms with E-state index in [-0.39, 0.29) is 19.2 Å². The van der Waals surface area contributed by atoms with Crippen molar-refractivity contribution in [2.75, 3.05) is 26.4 Å². The molecular weight excluding hydrogens is 540 g/mol. The van der Waals surface area contributed by atoms with Crippen molar-refractivity contribution in [2.45, 2.75) is 179 Å². The van der Waals surface area contributed by atoms with Crippen molar-refractivity contribution in [3.8, 4) is 0 Å². The fourth-order valence-electron chi connectivity index (χ4n) is 5.25. The molecule has 1 rings (SSSR count). The number of aliphatic hydroxyl groups is 4. The normalized spacial score (nSPS) is 23.2. The van der Waals surface area contributed by atoms with Gasteiger partial charge in [-0.15, -0.1) is 0 Å². The van der Waals surface area contributed by atoms with Gasteiger partial charge in [0.2, 0.25) is 0 Å². The zero-order valence-corrected chi connectivity index (χ0v) is 26.8. The summed E-state index contributed by atoms with van der Waals surface area (Å²) in [4.78, 5) is 12.6. The lowest BCUT2D eigenvalue weighted by Gasteiger charge is -2.39. The van der Waals surface area contributed by atoms with Gasteiger partial charge in [0.25, 0.3) is 0 Å². The second-order valence-corrected chi connectivity index (χ2v) is 12.0. The molecule has 1 aliphatic rings. The van der Waals surface area contributed by atoms with E-state index in [1.54, 1.807) is 0 Å². The molecule has 1 aliphatic heterocycles. The first kappa shape index (κ1) is 39.2. The molecule has 0 spiro atoms. The van der Waals surface area contributed by atoms with Gasteiger partial charge in [0.15, 0.2) is 6.29 Å². The molecule has 1 fully saturated rings. The van der Waals surface area contributed by atoms with Crippen LogP contribution in [0, 0.1) is 0 Å². The van der Waals surface area contributed by atoms with E-state index in [2.05, 4.69) is 13.8 Å². The van der Waals surface area contributed by atoms with Gasteiger partial charge in [0.05, 0.1) is 19.8 Å². The molecule has 250 valence electrons. The van der Waals surface area contributed by atoms with Gasteiger partial charge in [-0.1, -0.05) is 123 Å². The number of ether oxygens (including phenoxy) is 4. The van der Waals surface area contributed by atoms with E-state index in [9.17, 15) is 25.2 Å². The molecular formula is C33H64O9. The quantitative estimate of drug-likeness (QED) is 0.0667. The maximum absolute atomic E-state index is 12.6. The zero-order valence-electron chi connectivity index (χ0n) is 26.8. The first-order valence-electron chi connectivity index (χ1n) is 17.1. The second kappa shape index (κ2) is 26.6. The van der Waals surface area contributed by atoms with Crippen molar-refractivity contribution in [3.63, 3.8) is 0 Å². The molecule has 9 heteroatoms. The van der Waals surface area contributed by atoms with Gasteiger partial charge < -0.3 is 39.4 Å². The Hall–Kier alpha value is -0.810. The Bertz CT molecular complexity index is 618. The number of hydrogen-bond donors (Lipinski definition) is 4. The number of carbonyl (C=O) groups is 1. The van der Waals surface area contributed by atoms with E-state index in [4.69, 9.17) is 18.9 Å². The highest BCUT2D eigenvalue weighted by molar-refractivity contribution is 5.69. The van der Waals surface area contributed by atoms with E-state index in [1.165, 1.54) is 89.9 Å². The molecule has 0 aliphatic carbocycles. The Kier molecular flexibility index (Phi) is 24.8. The minimum atomic E-state index is -1.53. The maximum atomic E-state index is 12.6. The monoisotopic (exact) mass is 604 g/mol. The fraction of sp³-hybridized carbons (Fsp3) is 0.970. The third-order valence-corrected chi connectivity index (χ3v) is 8.02. The van der Waals surface area contributed by atoms with E-state index in [1.807, 2.05) is 0 Å². The Morgan fingerprint density at radius 1 is 0.667 bits per heavy atom. The molecule has 9 nitrogen and oxygen atoms in total. The van der Waals surface area contributed by atoms with Crippen LogP contribution in [0.25, 0.3) is 0 Å². The Morgan fingerprint density at radius 2 is 1.17 bits per heavy atom. The molecule has 6 atom stereocenters. The topological polar surface area (TPSA) is 135 Å². The van der Waals surface area contributed by atoms with Crippen molar-refractivity contribution >= 4 is 5.97 Å². The Morgan fingerprint density at radius 3 is 1.69 bits per heavy atom. The minimum Gasteiger partial charge on any atom is -0.457 e. The molecule has 0 bridgehead atoms. The summed E-state index contributed by atoms with van der Waals surface area (Å²) in [5.41, 5.74) is 0. The van der Waals surface area contributed by atoms with E-state index >= 15 is 0 Å². The van der Waals surface area contributed by atoms with Crippen LogP contribution in [0.3, 0.4) is 0 Å². The summed E-state index contributed by atoms with van der Waals surface area (Å²) in [6, 6.07) is 0. The fourth-order valence-corrected chi connectivity index (χ4v) is 5.25. The Balaban J connectivity index is 2.37. The van der Waals surface area contributed by atoms with Gasteiger partial charge in [-0.05, 0) is 12.8 Å². The van der Waals surface area contributed by atoms with Crippen LogP contribution >= 0.6 is 0 Å². The Labute approximate surface area is 255 Å². The molecule has 0 saturated carbocycles. The maximum Gasteiger partial charge on any atom is 0.306 e. The molecule has 0 radical (unpaired) electrons. The number of aliphatic hydroxyl groups excluding tert-OH is 4. The van der Waals surface area contributed by atoms with Crippen molar-refractivity contribution in [1.29, 1.82) is 0 Å². The third kappa shape index (κ3) is 18.8. The van der Waals surface area contributed by atoms with Crippen LogP contribution in [0.5, 0.6) is 0 Å². The van der Waals surface area contributed by atoms with Crippen LogP contribution < -0.4 is 0 Å². The van der Waals surface area contributed by atoms with Gasteiger partial charge in [0.1, 0.15) is 30.5 Å². The predicted octanol–water partition coefficient (Wildman–Crippen LogP) is 5.57. The molecule has 4 N–H and O–H groups in total. The summed E-state index contributed by atoms with van der Waals surface area (Å²) < 4.78 is 22.6. The number of unbranched alkanes of at least 4 members (excludes halogenated alkanes) is 17. The van der Waals surface area contributed by atoms with Crippen molar-refractivity contribution in [3.05, 3.63) is 0 Å². The molecule has 1 heterocycles. The summed E-state index contributed by atoms with van der Waals surface area (Å²) in [6.07, 6.45) is 15.6. The van der Waals surface area contributed by atoms with Crippen LogP contribution in [0.2, 0.25) is 0 Å². The van der Waals surface area contributed by atoms with E-state index in [0.29, 0.717) is 13.0 Å². The van der Waals surface area contributed by atoms with Gasteiger partial charge in [-0.25, -0.2) is 0 Å².